The third kappa shape index (κ3) is 3.54. The molecule has 0 atom stereocenters. The van der Waals surface area contributed by atoms with E-state index in [1.165, 1.54) is 64.7 Å². The maximum atomic E-state index is 2.53. The second-order valence-corrected chi connectivity index (χ2v) is 11.2. The van der Waals surface area contributed by atoms with Crippen LogP contribution in [-0.4, -0.2) is 6.85 Å². The summed E-state index contributed by atoms with van der Waals surface area (Å²) in [4.78, 5) is 2.53. The largest absolute Gasteiger partial charge is 0.376 e. The van der Waals surface area contributed by atoms with Crippen LogP contribution < -0.4 is 15.7 Å². The first-order chi connectivity index (χ1) is 19.4. The van der Waals surface area contributed by atoms with Crippen LogP contribution in [0.2, 0.25) is 0 Å². The predicted octanol–water partition coefficient (Wildman–Crippen LogP) is 8.65. The Morgan fingerprint density at radius 2 is 1.21 bits per heavy atom. The molecule has 0 amide bonds. The number of nitrogens with zero attached hydrogens (tertiary/aromatic N) is 1. The van der Waals surface area contributed by atoms with Gasteiger partial charge in [0.15, 0.2) is 0 Å². The molecule has 6 aromatic carbocycles. The van der Waals surface area contributed by atoms with Crippen LogP contribution in [0.25, 0.3) is 42.4 Å². The molecule has 8 rings (SSSR count). The Balaban J connectivity index is 1.41. The van der Waals surface area contributed by atoms with E-state index in [9.17, 15) is 0 Å². The monoisotopic (exact) mass is 513 g/mol. The van der Waals surface area contributed by atoms with E-state index in [0.717, 1.165) is 0 Å². The summed E-state index contributed by atoms with van der Waals surface area (Å²) in [5.74, 6) is 0. The van der Waals surface area contributed by atoms with Gasteiger partial charge in [0.1, 0.15) is 0 Å². The van der Waals surface area contributed by atoms with Gasteiger partial charge >= 0.3 is 6.85 Å². The van der Waals surface area contributed by atoms with E-state index in [4.69, 9.17) is 0 Å². The minimum absolute atomic E-state index is 0.0765. The van der Waals surface area contributed by atoms with Gasteiger partial charge in [-0.25, -0.2) is 0 Å². The van der Waals surface area contributed by atoms with Crippen molar-refractivity contribution in [1.82, 2.24) is 0 Å². The molecule has 2 heterocycles. The highest BCUT2D eigenvalue weighted by Gasteiger charge is 2.37. The maximum absolute atomic E-state index is 2.53. The van der Waals surface area contributed by atoms with Crippen molar-refractivity contribution in [3.8, 4) is 22.3 Å². The zero-order valence-electron chi connectivity index (χ0n) is 21.3. The molecule has 0 bridgehead atoms. The predicted molar refractivity (Wildman–Crippen MR) is 170 cm³/mol. The lowest BCUT2D eigenvalue weighted by Gasteiger charge is -2.39. The van der Waals surface area contributed by atoms with E-state index in [0.29, 0.717) is 0 Å². The van der Waals surface area contributed by atoms with Crippen molar-refractivity contribution >= 4 is 60.7 Å². The first-order valence-corrected chi connectivity index (χ1v) is 14.2. The Bertz CT molecular complexity index is 1980. The summed E-state index contributed by atoms with van der Waals surface area (Å²) >= 11 is 1.89. The molecule has 1 aliphatic rings. The van der Waals surface area contributed by atoms with Crippen LogP contribution in [0.4, 0.5) is 11.4 Å². The molecule has 0 spiro atoms. The van der Waals surface area contributed by atoms with Gasteiger partial charge in [-0.05, 0) is 46.4 Å². The molecule has 3 heteroatoms. The number of thiophene rings is 1. The van der Waals surface area contributed by atoms with Crippen LogP contribution in [0.5, 0.6) is 0 Å². The highest BCUT2D eigenvalue weighted by molar-refractivity contribution is 7.26. The Morgan fingerprint density at radius 1 is 0.513 bits per heavy atom. The summed E-state index contributed by atoms with van der Waals surface area (Å²) in [6.45, 7) is 0.0765. The number of hydrogen-bond acceptors (Lipinski definition) is 2. The molecule has 0 N–H and O–H groups in total. The zero-order chi connectivity index (χ0) is 25.8. The molecule has 0 aliphatic carbocycles. The van der Waals surface area contributed by atoms with Crippen LogP contribution in [0.1, 0.15) is 0 Å². The molecule has 1 aromatic heterocycles. The van der Waals surface area contributed by atoms with Gasteiger partial charge in [0.05, 0.1) is 0 Å². The standard InChI is InChI=1S/C36H24BNS/c1-3-12-26(13-4-1)37-33-20-9-7-16-29(33)30-23-22-25(24-34(30)38(37)27-14-5-2-6-15-27)28-18-11-19-32-31-17-8-10-21-35(31)39-36(28)32/h1-24H. The van der Waals surface area contributed by atoms with Crippen molar-refractivity contribution in [2.24, 2.45) is 0 Å². The van der Waals surface area contributed by atoms with Gasteiger partial charge in [-0.2, -0.15) is 0 Å². The van der Waals surface area contributed by atoms with Crippen molar-refractivity contribution in [3.05, 3.63) is 146 Å². The molecule has 7 aromatic rings. The van der Waals surface area contributed by atoms with Gasteiger partial charge in [0, 0.05) is 37.1 Å². The average Bonchev–Trinajstić information content (AvgIpc) is 3.40. The molecule has 182 valence electrons. The van der Waals surface area contributed by atoms with Crippen LogP contribution in [0.15, 0.2) is 146 Å². The first-order valence-electron chi connectivity index (χ1n) is 13.4. The smallest absolute Gasteiger partial charge is 0.328 e. The van der Waals surface area contributed by atoms with Crippen LogP contribution in [0.3, 0.4) is 0 Å². The molecular weight excluding hydrogens is 489 g/mol. The molecule has 0 unspecified atom stereocenters. The summed E-state index contributed by atoms with van der Waals surface area (Å²) in [5.41, 5.74) is 10.2. The van der Waals surface area contributed by atoms with Crippen molar-refractivity contribution in [2.75, 3.05) is 4.81 Å². The van der Waals surface area contributed by atoms with Gasteiger partial charge in [-0.1, -0.05) is 127 Å². The number of rotatable bonds is 3. The van der Waals surface area contributed by atoms with Crippen molar-refractivity contribution in [1.29, 1.82) is 0 Å². The highest BCUT2D eigenvalue weighted by Crippen LogP contribution is 2.44. The quantitative estimate of drug-likeness (QED) is 0.214. The summed E-state index contributed by atoms with van der Waals surface area (Å²) in [5, 5.41) is 2.67. The number of benzene rings is 6. The van der Waals surface area contributed by atoms with Crippen molar-refractivity contribution in [3.63, 3.8) is 0 Å². The summed E-state index contributed by atoms with van der Waals surface area (Å²) in [6, 6.07) is 53.1. The molecule has 1 aliphatic heterocycles. The maximum Gasteiger partial charge on any atom is 0.328 e. The first kappa shape index (κ1) is 22.4. The van der Waals surface area contributed by atoms with Crippen molar-refractivity contribution in [2.45, 2.75) is 0 Å². The van der Waals surface area contributed by atoms with Crippen LogP contribution in [-0.2, 0) is 0 Å². The SMILES string of the molecule is c1ccc(B2c3ccccc3-c3ccc(-c4cccc5c4sc4ccccc45)cc3N2c2ccccc2)cc1. The van der Waals surface area contributed by atoms with E-state index in [2.05, 4.69) is 150 Å². The normalized spacial score (nSPS) is 12.5. The Kier molecular flexibility index (Phi) is 5.17. The van der Waals surface area contributed by atoms with E-state index in [1.54, 1.807) is 0 Å². The fraction of sp³-hybridized carbons (Fsp3) is 0. The van der Waals surface area contributed by atoms with Gasteiger partial charge in [0.25, 0.3) is 0 Å². The lowest BCUT2D eigenvalue weighted by Crippen LogP contribution is -2.57. The summed E-state index contributed by atoms with van der Waals surface area (Å²) < 4.78 is 2.68. The highest BCUT2D eigenvalue weighted by atomic mass is 32.1. The fourth-order valence-electron chi connectivity index (χ4n) is 6.20. The number of anilines is 2. The molecule has 39 heavy (non-hydrogen) atoms. The molecule has 0 radical (unpaired) electrons. The number of fused-ring (bicyclic) bond motifs is 6. The molecule has 0 saturated carbocycles. The fourth-order valence-corrected chi connectivity index (χ4v) is 7.44. The zero-order valence-corrected chi connectivity index (χ0v) is 22.1. The Hall–Kier alpha value is -4.60. The number of hydrogen-bond donors (Lipinski definition) is 0. The second-order valence-electron chi connectivity index (χ2n) is 10.1. The molecule has 0 saturated heterocycles. The minimum atomic E-state index is 0.0765. The lowest BCUT2D eigenvalue weighted by atomic mass is 9.45. The second kappa shape index (κ2) is 9.01. The number of para-hydroxylation sites is 1. The lowest BCUT2D eigenvalue weighted by molar-refractivity contribution is 1.36. The van der Waals surface area contributed by atoms with Crippen LogP contribution >= 0.6 is 11.3 Å². The molecular formula is C36H24BNS. The third-order valence-electron chi connectivity index (χ3n) is 7.93. The Labute approximate surface area is 232 Å². The molecule has 0 fully saturated rings. The van der Waals surface area contributed by atoms with Crippen molar-refractivity contribution < 1.29 is 0 Å². The molecule has 1 nitrogen and oxygen atoms in total. The van der Waals surface area contributed by atoms with Gasteiger partial charge in [-0.3, -0.25) is 0 Å². The van der Waals surface area contributed by atoms with Crippen LogP contribution in [0, 0.1) is 0 Å². The van der Waals surface area contributed by atoms with E-state index < -0.39 is 0 Å². The van der Waals surface area contributed by atoms with Gasteiger partial charge in [0.2, 0.25) is 0 Å². The van der Waals surface area contributed by atoms with Gasteiger partial charge in [-0.15, -0.1) is 11.3 Å². The Morgan fingerprint density at radius 3 is 2.08 bits per heavy atom. The van der Waals surface area contributed by atoms with E-state index >= 15 is 0 Å². The van der Waals surface area contributed by atoms with E-state index in [1.807, 2.05) is 11.3 Å². The summed E-state index contributed by atoms with van der Waals surface area (Å²) in [7, 11) is 0. The minimum Gasteiger partial charge on any atom is -0.376 e. The topological polar surface area (TPSA) is 3.24 Å². The van der Waals surface area contributed by atoms with E-state index in [-0.39, 0.29) is 6.85 Å². The van der Waals surface area contributed by atoms with Gasteiger partial charge < -0.3 is 4.81 Å². The summed E-state index contributed by atoms with van der Waals surface area (Å²) in [6.07, 6.45) is 0. The third-order valence-corrected chi connectivity index (χ3v) is 9.15. The average molecular weight is 513 g/mol.